The molecule has 0 aliphatic rings. The van der Waals surface area contributed by atoms with E-state index in [0.717, 1.165) is 5.75 Å². The fraction of sp³-hybridized carbons (Fsp3) is 0.455. The first-order valence-corrected chi connectivity index (χ1v) is 6.02. The zero-order chi connectivity index (χ0) is 11.3. The van der Waals surface area contributed by atoms with E-state index in [0.29, 0.717) is 10.8 Å². The molecule has 15 heavy (non-hydrogen) atoms. The molecule has 0 aromatic heterocycles. The van der Waals surface area contributed by atoms with Crippen LogP contribution in [0.2, 0.25) is 0 Å². The van der Waals surface area contributed by atoms with E-state index in [2.05, 4.69) is 19.3 Å². The van der Waals surface area contributed by atoms with Crippen LogP contribution in [-0.4, -0.2) is 11.0 Å². The van der Waals surface area contributed by atoms with Gasteiger partial charge in [0.05, 0.1) is 6.04 Å². The monoisotopic (exact) mass is 228 g/mol. The molecule has 0 saturated heterocycles. The normalized spacial score (nSPS) is 13.1. The highest BCUT2D eigenvalue weighted by atomic mass is 32.2. The van der Waals surface area contributed by atoms with E-state index in [1.165, 1.54) is 6.07 Å². The van der Waals surface area contributed by atoms with Crippen LogP contribution in [-0.2, 0) is 0 Å². The van der Waals surface area contributed by atoms with E-state index in [4.69, 9.17) is 5.84 Å². The van der Waals surface area contributed by atoms with E-state index in [-0.39, 0.29) is 11.9 Å². The summed E-state index contributed by atoms with van der Waals surface area (Å²) in [4.78, 5) is 0. The fourth-order valence-corrected chi connectivity index (χ4v) is 2.13. The van der Waals surface area contributed by atoms with Gasteiger partial charge in [-0.25, -0.2) is 4.39 Å². The molecule has 2 nitrogen and oxygen atoms in total. The third-order valence-electron chi connectivity index (χ3n) is 2.08. The fourth-order valence-electron chi connectivity index (χ4n) is 1.27. The van der Waals surface area contributed by atoms with Crippen molar-refractivity contribution in [3.05, 3.63) is 35.6 Å². The Morgan fingerprint density at radius 2 is 2.07 bits per heavy atom. The molecule has 0 heterocycles. The van der Waals surface area contributed by atoms with Crippen molar-refractivity contribution in [3.63, 3.8) is 0 Å². The number of hydrogen-bond donors (Lipinski definition) is 2. The minimum Gasteiger partial charge on any atom is -0.271 e. The lowest BCUT2D eigenvalue weighted by Gasteiger charge is -2.17. The maximum atomic E-state index is 13.4. The Balaban J connectivity index is 2.70. The first kappa shape index (κ1) is 12.5. The Hall–Kier alpha value is -0.580. The van der Waals surface area contributed by atoms with Crippen LogP contribution in [0.15, 0.2) is 24.3 Å². The summed E-state index contributed by atoms with van der Waals surface area (Å²) in [7, 11) is 0. The van der Waals surface area contributed by atoms with Crippen LogP contribution in [0.4, 0.5) is 4.39 Å². The van der Waals surface area contributed by atoms with Gasteiger partial charge in [0, 0.05) is 11.3 Å². The minimum atomic E-state index is -0.204. The van der Waals surface area contributed by atoms with Crippen molar-refractivity contribution in [1.29, 1.82) is 0 Å². The summed E-state index contributed by atoms with van der Waals surface area (Å²) in [5, 5.41) is 0.521. The highest BCUT2D eigenvalue weighted by Crippen LogP contribution is 2.22. The maximum absolute atomic E-state index is 13.4. The molecule has 0 aliphatic heterocycles. The predicted molar refractivity (Wildman–Crippen MR) is 64.1 cm³/mol. The highest BCUT2D eigenvalue weighted by Gasteiger charge is 2.14. The third kappa shape index (κ3) is 3.81. The Labute approximate surface area is 94.4 Å². The van der Waals surface area contributed by atoms with Gasteiger partial charge in [-0.1, -0.05) is 32.0 Å². The van der Waals surface area contributed by atoms with E-state index in [1.54, 1.807) is 23.9 Å². The van der Waals surface area contributed by atoms with Crippen LogP contribution in [0.5, 0.6) is 0 Å². The summed E-state index contributed by atoms with van der Waals surface area (Å²) in [6, 6.07) is 6.60. The van der Waals surface area contributed by atoms with Crippen molar-refractivity contribution >= 4 is 11.8 Å². The lowest BCUT2D eigenvalue weighted by atomic mass is 10.1. The molecule has 0 fully saturated rings. The number of hydrazine groups is 1. The molecule has 0 aliphatic carbocycles. The molecule has 0 bridgehead atoms. The van der Waals surface area contributed by atoms with Crippen LogP contribution >= 0.6 is 11.8 Å². The number of nitrogens with one attached hydrogen (secondary N) is 1. The van der Waals surface area contributed by atoms with E-state index in [9.17, 15) is 4.39 Å². The second kappa shape index (κ2) is 6.10. The topological polar surface area (TPSA) is 38.0 Å². The number of hydrogen-bond acceptors (Lipinski definition) is 3. The summed E-state index contributed by atoms with van der Waals surface area (Å²) >= 11 is 1.76. The summed E-state index contributed by atoms with van der Waals surface area (Å²) in [5.41, 5.74) is 3.29. The predicted octanol–water partition coefficient (Wildman–Crippen LogP) is 2.47. The van der Waals surface area contributed by atoms with Crippen LogP contribution in [0.1, 0.15) is 25.5 Å². The van der Waals surface area contributed by atoms with Crippen molar-refractivity contribution in [2.75, 3.05) is 5.75 Å². The molecule has 0 radical (unpaired) electrons. The van der Waals surface area contributed by atoms with E-state index in [1.807, 2.05) is 6.07 Å². The minimum absolute atomic E-state index is 0.126. The molecule has 0 amide bonds. The van der Waals surface area contributed by atoms with Crippen LogP contribution in [0.25, 0.3) is 0 Å². The van der Waals surface area contributed by atoms with Gasteiger partial charge in [0.2, 0.25) is 0 Å². The standard InChI is InChI=1S/C11H17FN2S/c1-8(2)15-7-11(14-13)9-5-3-4-6-10(9)12/h3-6,8,11,14H,7,13H2,1-2H3. The molecular formula is C11H17FN2S. The second-order valence-corrected chi connectivity index (χ2v) is 5.23. The molecule has 0 saturated carbocycles. The number of benzene rings is 1. The van der Waals surface area contributed by atoms with Crippen molar-refractivity contribution in [2.45, 2.75) is 25.1 Å². The first-order valence-electron chi connectivity index (χ1n) is 4.97. The second-order valence-electron chi connectivity index (χ2n) is 3.62. The number of nitrogens with two attached hydrogens (primary N) is 1. The van der Waals surface area contributed by atoms with Crippen LogP contribution in [0.3, 0.4) is 0 Å². The molecule has 0 spiro atoms. The number of halogens is 1. The first-order chi connectivity index (χ1) is 7.15. The van der Waals surface area contributed by atoms with Crippen LogP contribution in [0, 0.1) is 5.82 Å². The Kier molecular flexibility index (Phi) is 5.08. The van der Waals surface area contributed by atoms with Gasteiger partial charge in [-0.05, 0) is 11.3 Å². The zero-order valence-electron chi connectivity index (χ0n) is 9.03. The molecule has 1 rings (SSSR count). The molecule has 1 aromatic carbocycles. The van der Waals surface area contributed by atoms with Crippen molar-refractivity contribution in [2.24, 2.45) is 5.84 Å². The van der Waals surface area contributed by atoms with Gasteiger partial charge in [0.15, 0.2) is 0 Å². The molecule has 1 aromatic rings. The van der Waals surface area contributed by atoms with Crippen molar-refractivity contribution in [1.82, 2.24) is 5.43 Å². The molecule has 3 N–H and O–H groups in total. The van der Waals surface area contributed by atoms with Gasteiger partial charge in [-0.2, -0.15) is 11.8 Å². The summed E-state index contributed by atoms with van der Waals surface area (Å²) in [6.07, 6.45) is 0. The summed E-state index contributed by atoms with van der Waals surface area (Å²) in [6.45, 7) is 4.22. The molecule has 84 valence electrons. The SMILES string of the molecule is CC(C)SCC(NN)c1ccccc1F. The molecule has 1 unspecified atom stereocenters. The Bertz CT molecular complexity index is 304. The van der Waals surface area contributed by atoms with Gasteiger partial charge in [-0.15, -0.1) is 0 Å². The smallest absolute Gasteiger partial charge is 0.128 e. The number of rotatable bonds is 5. The lowest BCUT2D eigenvalue weighted by molar-refractivity contribution is 0.546. The van der Waals surface area contributed by atoms with Gasteiger partial charge < -0.3 is 0 Å². The average molecular weight is 228 g/mol. The quantitative estimate of drug-likeness (QED) is 0.600. The van der Waals surface area contributed by atoms with Crippen molar-refractivity contribution < 1.29 is 4.39 Å². The summed E-state index contributed by atoms with van der Waals surface area (Å²) in [5.74, 6) is 6.00. The van der Waals surface area contributed by atoms with Crippen molar-refractivity contribution in [3.8, 4) is 0 Å². The van der Waals surface area contributed by atoms with Gasteiger partial charge >= 0.3 is 0 Å². The van der Waals surface area contributed by atoms with Gasteiger partial charge in [0.25, 0.3) is 0 Å². The van der Waals surface area contributed by atoms with E-state index >= 15 is 0 Å². The Morgan fingerprint density at radius 3 is 2.60 bits per heavy atom. The average Bonchev–Trinajstić information content (AvgIpc) is 2.21. The molecule has 1 atom stereocenters. The van der Waals surface area contributed by atoms with Gasteiger partial charge in [-0.3, -0.25) is 11.3 Å². The largest absolute Gasteiger partial charge is 0.271 e. The van der Waals surface area contributed by atoms with Gasteiger partial charge in [0.1, 0.15) is 5.82 Å². The third-order valence-corrected chi connectivity index (χ3v) is 3.27. The summed E-state index contributed by atoms with van der Waals surface area (Å²) < 4.78 is 13.4. The molecular weight excluding hydrogens is 211 g/mol. The molecule has 4 heteroatoms. The van der Waals surface area contributed by atoms with E-state index < -0.39 is 0 Å². The lowest BCUT2D eigenvalue weighted by Crippen LogP contribution is -2.30. The van der Waals surface area contributed by atoms with Crippen LogP contribution < -0.4 is 11.3 Å². The number of thioether (sulfide) groups is 1. The highest BCUT2D eigenvalue weighted by molar-refractivity contribution is 7.99. The Morgan fingerprint density at radius 1 is 1.40 bits per heavy atom. The zero-order valence-corrected chi connectivity index (χ0v) is 9.85. The maximum Gasteiger partial charge on any atom is 0.128 e.